The Labute approximate surface area is 111 Å². The standard InChI is InChI=1S/C11H8BBrF3NO/c1-18-5-2-3-7-6(4-5)9(13)8(12)10(17-7)11(14,15)16/h2-4H,12H2,1H3. The number of pyridine rings is 1. The zero-order chi connectivity index (χ0) is 13.5. The van der Waals surface area contributed by atoms with Crippen molar-refractivity contribution in [2.45, 2.75) is 6.18 Å². The normalized spacial score (nSPS) is 11.8. The maximum Gasteiger partial charge on any atom is 0.432 e. The van der Waals surface area contributed by atoms with Gasteiger partial charge in [0.05, 0.1) is 12.6 Å². The second-order valence-electron chi connectivity index (χ2n) is 3.78. The lowest BCUT2D eigenvalue weighted by molar-refractivity contribution is -0.140. The maximum atomic E-state index is 12.8. The molecule has 0 saturated carbocycles. The Morgan fingerprint density at radius 3 is 2.56 bits per heavy atom. The van der Waals surface area contributed by atoms with Crippen molar-refractivity contribution in [3.63, 3.8) is 0 Å². The van der Waals surface area contributed by atoms with Crippen LogP contribution in [0.3, 0.4) is 0 Å². The molecule has 0 amide bonds. The van der Waals surface area contributed by atoms with Gasteiger partial charge in [0.15, 0.2) is 0 Å². The molecule has 2 nitrogen and oxygen atoms in total. The summed E-state index contributed by atoms with van der Waals surface area (Å²) in [7, 11) is 2.89. The Morgan fingerprint density at radius 1 is 1.33 bits per heavy atom. The molecule has 0 unspecified atom stereocenters. The third-order valence-electron chi connectivity index (χ3n) is 2.63. The van der Waals surface area contributed by atoms with E-state index < -0.39 is 11.9 Å². The highest BCUT2D eigenvalue weighted by Gasteiger charge is 2.35. The Kier molecular flexibility index (Phi) is 3.27. The topological polar surface area (TPSA) is 22.1 Å². The number of hydrogen-bond acceptors (Lipinski definition) is 2. The number of halogens is 4. The Hall–Kier alpha value is -1.24. The number of fused-ring (bicyclic) bond motifs is 1. The van der Waals surface area contributed by atoms with E-state index in [-0.39, 0.29) is 11.0 Å². The summed E-state index contributed by atoms with van der Waals surface area (Å²) >= 11 is 3.19. The predicted molar refractivity (Wildman–Crippen MR) is 69.2 cm³/mol. The van der Waals surface area contributed by atoms with Gasteiger partial charge in [0.2, 0.25) is 0 Å². The summed E-state index contributed by atoms with van der Waals surface area (Å²) in [6.45, 7) is 0. The molecule has 1 aromatic heterocycles. The van der Waals surface area contributed by atoms with Crippen LogP contribution in [0.2, 0.25) is 0 Å². The summed E-state index contributed by atoms with van der Waals surface area (Å²) < 4.78 is 43.8. The molecule has 18 heavy (non-hydrogen) atoms. The average molecular weight is 318 g/mol. The van der Waals surface area contributed by atoms with Crippen molar-refractivity contribution in [2.24, 2.45) is 0 Å². The molecular formula is C11H8BBrF3NO. The Balaban J connectivity index is 2.79. The fraction of sp³-hybridized carbons (Fsp3) is 0.182. The first-order valence-corrected chi connectivity index (χ1v) is 5.85. The zero-order valence-corrected chi connectivity index (χ0v) is 11.2. The molecule has 2 aromatic rings. The van der Waals surface area contributed by atoms with Crippen LogP contribution in [0.25, 0.3) is 10.9 Å². The molecule has 0 aliphatic rings. The first-order chi connectivity index (χ1) is 8.34. The predicted octanol–water partition coefficient (Wildman–Crippen LogP) is 2.28. The van der Waals surface area contributed by atoms with Gasteiger partial charge in [-0.1, -0.05) is 15.9 Å². The van der Waals surface area contributed by atoms with Gasteiger partial charge in [0.25, 0.3) is 0 Å². The van der Waals surface area contributed by atoms with E-state index in [0.717, 1.165) is 0 Å². The number of alkyl halides is 3. The minimum absolute atomic E-state index is 0.0725. The molecule has 0 saturated heterocycles. The summed E-state index contributed by atoms with van der Waals surface area (Å²) in [5.74, 6) is 0.573. The van der Waals surface area contributed by atoms with E-state index in [4.69, 9.17) is 4.74 Å². The van der Waals surface area contributed by atoms with Gasteiger partial charge < -0.3 is 4.74 Å². The molecule has 0 N–H and O–H groups in total. The van der Waals surface area contributed by atoms with Crippen LogP contribution in [0.1, 0.15) is 5.69 Å². The highest BCUT2D eigenvalue weighted by molar-refractivity contribution is 9.10. The summed E-state index contributed by atoms with van der Waals surface area (Å²) in [5.41, 5.74) is -0.518. The summed E-state index contributed by atoms with van der Waals surface area (Å²) in [6, 6.07) is 4.74. The van der Waals surface area contributed by atoms with Gasteiger partial charge in [-0.05, 0) is 23.7 Å². The molecule has 0 fully saturated rings. The van der Waals surface area contributed by atoms with Gasteiger partial charge in [-0.2, -0.15) is 13.2 Å². The summed E-state index contributed by atoms with van der Waals surface area (Å²) in [4.78, 5) is 3.67. The van der Waals surface area contributed by atoms with Gasteiger partial charge in [0, 0.05) is 9.86 Å². The van der Waals surface area contributed by atoms with Crippen molar-refractivity contribution in [3.8, 4) is 5.75 Å². The Morgan fingerprint density at radius 2 is 2.00 bits per heavy atom. The minimum atomic E-state index is -4.46. The summed E-state index contributed by atoms with van der Waals surface area (Å²) in [6.07, 6.45) is -4.46. The van der Waals surface area contributed by atoms with Crippen molar-refractivity contribution in [1.29, 1.82) is 0 Å². The number of hydrogen-bond donors (Lipinski definition) is 0. The fourth-order valence-electron chi connectivity index (χ4n) is 1.70. The van der Waals surface area contributed by atoms with E-state index in [1.54, 1.807) is 12.1 Å². The molecule has 2 rings (SSSR count). The molecule has 7 heteroatoms. The third-order valence-corrected chi connectivity index (χ3v) is 3.65. The monoisotopic (exact) mass is 317 g/mol. The van der Waals surface area contributed by atoms with Crippen LogP contribution in [-0.4, -0.2) is 19.9 Å². The van der Waals surface area contributed by atoms with Gasteiger partial charge in [-0.3, -0.25) is 0 Å². The molecule has 1 aromatic carbocycles. The minimum Gasteiger partial charge on any atom is -0.497 e. The van der Waals surface area contributed by atoms with E-state index in [1.165, 1.54) is 21.0 Å². The number of ether oxygens (including phenoxy) is 1. The highest BCUT2D eigenvalue weighted by Crippen LogP contribution is 2.32. The molecule has 0 aliphatic heterocycles. The van der Waals surface area contributed by atoms with E-state index in [9.17, 15) is 13.2 Å². The van der Waals surface area contributed by atoms with Crippen molar-refractivity contribution in [1.82, 2.24) is 4.98 Å². The van der Waals surface area contributed by atoms with Crippen LogP contribution in [0.5, 0.6) is 5.75 Å². The molecule has 0 atom stereocenters. The molecule has 0 aliphatic carbocycles. The van der Waals surface area contributed by atoms with Gasteiger partial charge in [0.1, 0.15) is 19.3 Å². The SMILES string of the molecule is Bc1c(C(F)(F)F)nc2ccc(OC)cc2c1Br. The number of methoxy groups -OCH3 is 1. The van der Waals surface area contributed by atoms with Crippen LogP contribution in [0.4, 0.5) is 13.2 Å². The van der Waals surface area contributed by atoms with Crippen LogP contribution >= 0.6 is 15.9 Å². The molecule has 0 bridgehead atoms. The first kappa shape index (κ1) is 13.2. The van der Waals surface area contributed by atoms with Gasteiger partial charge in [-0.25, -0.2) is 4.98 Å². The molecule has 94 valence electrons. The van der Waals surface area contributed by atoms with Crippen LogP contribution in [-0.2, 0) is 6.18 Å². The molecule has 1 heterocycles. The zero-order valence-electron chi connectivity index (χ0n) is 9.60. The second kappa shape index (κ2) is 4.46. The molecule has 0 radical (unpaired) electrons. The second-order valence-corrected chi connectivity index (χ2v) is 4.57. The van der Waals surface area contributed by atoms with E-state index in [0.29, 0.717) is 15.6 Å². The number of rotatable bonds is 1. The van der Waals surface area contributed by atoms with Gasteiger partial charge in [-0.15, -0.1) is 0 Å². The van der Waals surface area contributed by atoms with E-state index in [2.05, 4.69) is 20.9 Å². The van der Waals surface area contributed by atoms with Crippen molar-refractivity contribution in [2.75, 3.05) is 7.11 Å². The van der Waals surface area contributed by atoms with Crippen molar-refractivity contribution < 1.29 is 17.9 Å². The van der Waals surface area contributed by atoms with E-state index in [1.807, 2.05) is 0 Å². The smallest absolute Gasteiger partial charge is 0.432 e. The van der Waals surface area contributed by atoms with Crippen molar-refractivity contribution >= 4 is 40.1 Å². The quantitative estimate of drug-likeness (QED) is 0.753. The molecule has 0 spiro atoms. The average Bonchev–Trinajstić information content (AvgIpc) is 2.32. The highest BCUT2D eigenvalue weighted by atomic mass is 79.9. The largest absolute Gasteiger partial charge is 0.497 e. The number of benzene rings is 1. The number of nitrogens with zero attached hydrogens (tertiary/aromatic N) is 1. The fourth-order valence-corrected chi connectivity index (χ4v) is 2.21. The van der Waals surface area contributed by atoms with Crippen LogP contribution in [0.15, 0.2) is 22.7 Å². The maximum absolute atomic E-state index is 12.8. The molecular weight excluding hydrogens is 310 g/mol. The van der Waals surface area contributed by atoms with E-state index >= 15 is 0 Å². The Bertz CT molecular complexity index is 615. The van der Waals surface area contributed by atoms with Crippen molar-refractivity contribution in [3.05, 3.63) is 28.4 Å². The van der Waals surface area contributed by atoms with Crippen LogP contribution in [0, 0.1) is 0 Å². The number of aromatic nitrogens is 1. The lowest BCUT2D eigenvalue weighted by Crippen LogP contribution is -2.23. The third kappa shape index (κ3) is 2.19. The summed E-state index contributed by atoms with van der Waals surface area (Å²) in [5, 5.41) is 0.597. The first-order valence-electron chi connectivity index (χ1n) is 5.05. The lowest BCUT2D eigenvalue weighted by Gasteiger charge is -2.13. The lowest BCUT2D eigenvalue weighted by atomic mass is 9.92. The van der Waals surface area contributed by atoms with Crippen LogP contribution < -0.4 is 10.2 Å². The van der Waals surface area contributed by atoms with Gasteiger partial charge >= 0.3 is 6.18 Å².